The topological polar surface area (TPSA) is 49.8 Å². The first kappa shape index (κ1) is 15.1. The molecule has 1 N–H and O–H groups in total. The minimum Gasteiger partial charge on any atom is -0.462 e. The fourth-order valence-corrected chi connectivity index (χ4v) is 3.30. The number of piperidine rings is 3. The zero-order valence-electron chi connectivity index (χ0n) is 12.8. The van der Waals surface area contributed by atoms with Gasteiger partial charge in [0, 0.05) is 18.0 Å². The summed E-state index contributed by atoms with van der Waals surface area (Å²) >= 11 is 0. The number of hydrogen-bond donors (Lipinski definition) is 1. The Morgan fingerprint density at radius 3 is 2.86 bits per heavy atom. The Kier molecular flexibility index (Phi) is 4.19. The highest BCUT2D eigenvalue weighted by molar-refractivity contribution is 5.89. The molecule has 0 amide bonds. The quantitative estimate of drug-likeness (QED) is 0.667. The Bertz CT molecular complexity index is 623. The predicted molar refractivity (Wildman–Crippen MR) is 83.4 cm³/mol. The van der Waals surface area contributed by atoms with Crippen molar-refractivity contribution in [3.63, 3.8) is 0 Å². The van der Waals surface area contributed by atoms with Crippen molar-refractivity contribution in [2.45, 2.75) is 25.4 Å². The summed E-state index contributed by atoms with van der Waals surface area (Å²) in [5, 5.41) is 10.8. The molecule has 1 aromatic rings. The van der Waals surface area contributed by atoms with Crippen LogP contribution in [0.5, 0.6) is 0 Å². The van der Waals surface area contributed by atoms with Crippen molar-refractivity contribution in [3.8, 4) is 11.8 Å². The molecular formula is C18H21NO3. The maximum Gasteiger partial charge on any atom is 0.338 e. The molecule has 3 aliphatic rings. The van der Waals surface area contributed by atoms with Crippen LogP contribution in [0, 0.1) is 17.8 Å². The third kappa shape index (κ3) is 3.01. The van der Waals surface area contributed by atoms with Gasteiger partial charge in [-0.05, 0) is 51.1 Å². The predicted octanol–water partition coefficient (Wildman–Crippen LogP) is 1.67. The summed E-state index contributed by atoms with van der Waals surface area (Å²) in [6, 6.07) is 7.07. The highest BCUT2D eigenvalue weighted by atomic mass is 16.5. The average Bonchev–Trinajstić information content (AvgIpc) is 2.54. The number of ether oxygens (including phenoxy) is 1. The van der Waals surface area contributed by atoms with Gasteiger partial charge < -0.3 is 9.84 Å². The fraction of sp³-hybridized carbons (Fsp3) is 0.500. The van der Waals surface area contributed by atoms with E-state index < -0.39 is 5.60 Å². The van der Waals surface area contributed by atoms with Gasteiger partial charge in [0.05, 0.1) is 12.2 Å². The zero-order valence-corrected chi connectivity index (χ0v) is 12.8. The van der Waals surface area contributed by atoms with Gasteiger partial charge in [-0.3, -0.25) is 4.90 Å². The number of esters is 1. The smallest absolute Gasteiger partial charge is 0.338 e. The van der Waals surface area contributed by atoms with Gasteiger partial charge in [0.15, 0.2) is 0 Å². The van der Waals surface area contributed by atoms with Crippen LogP contribution in [0.2, 0.25) is 0 Å². The number of aliphatic hydroxyl groups is 1. The standard InChI is InChI=1S/C18H21NO3/c1-2-22-17(20)15-5-3-4-14(12-15)6-9-18(21)13-19-10-7-16(18)8-11-19/h3-5,12,16,21H,2,7-8,10-11,13H2,1H3. The van der Waals surface area contributed by atoms with Crippen LogP contribution in [0.4, 0.5) is 0 Å². The Labute approximate surface area is 131 Å². The minimum absolute atomic E-state index is 0.262. The van der Waals surface area contributed by atoms with Crippen molar-refractivity contribution in [2.75, 3.05) is 26.2 Å². The lowest BCUT2D eigenvalue weighted by Gasteiger charge is -2.47. The first-order chi connectivity index (χ1) is 10.6. The van der Waals surface area contributed by atoms with E-state index in [0.717, 1.165) is 31.5 Å². The molecule has 3 saturated heterocycles. The largest absolute Gasteiger partial charge is 0.462 e. The molecule has 4 heteroatoms. The number of fused-ring (bicyclic) bond motifs is 3. The lowest BCUT2D eigenvalue weighted by molar-refractivity contribution is -0.0713. The maximum atomic E-state index is 11.7. The van der Waals surface area contributed by atoms with E-state index in [4.69, 9.17) is 4.74 Å². The second kappa shape index (κ2) is 6.12. The fourth-order valence-electron chi connectivity index (χ4n) is 3.30. The van der Waals surface area contributed by atoms with E-state index in [-0.39, 0.29) is 11.9 Å². The summed E-state index contributed by atoms with van der Waals surface area (Å²) in [6.45, 7) is 4.89. The number of benzene rings is 1. The SMILES string of the molecule is CCOC(=O)c1cccc(C#CC2(O)CN3CCC2CC3)c1. The molecule has 116 valence electrons. The van der Waals surface area contributed by atoms with Crippen LogP contribution < -0.4 is 0 Å². The highest BCUT2D eigenvalue weighted by Crippen LogP contribution is 2.35. The van der Waals surface area contributed by atoms with E-state index in [1.165, 1.54) is 0 Å². The van der Waals surface area contributed by atoms with Gasteiger partial charge in [-0.2, -0.15) is 0 Å². The molecule has 4 nitrogen and oxygen atoms in total. The van der Waals surface area contributed by atoms with Crippen LogP contribution >= 0.6 is 0 Å². The molecule has 22 heavy (non-hydrogen) atoms. The molecule has 0 radical (unpaired) electrons. The third-order valence-electron chi connectivity index (χ3n) is 4.52. The number of rotatable bonds is 2. The maximum absolute atomic E-state index is 11.7. The van der Waals surface area contributed by atoms with Crippen molar-refractivity contribution in [1.29, 1.82) is 0 Å². The van der Waals surface area contributed by atoms with Crippen LogP contribution in [0.25, 0.3) is 0 Å². The van der Waals surface area contributed by atoms with E-state index in [9.17, 15) is 9.90 Å². The third-order valence-corrected chi connectivity index (χ3v) is 4.52. The Morgan fingerprint density at radius 2 is 2.23 bits per heavy atom. The van der Waals surface area contributed by atoms with Gasteiger partial charge in [0.1, 0.15) is 5.60 Å². The second-order valence-corrected chi connectivity index (χ2v) is 6.03. The van der Waals surface area contributed by atoms with Crippen molar-refractivity contribution < 1.29 is 14.6 Å². The van der Waals surface area contributed by atoms with Crippen LogP contribution in [-0.4, -0.2) is 47.8 Å². The molecule has 3 aliphatic heterocycles. The van der Waals surface area contributed by atoms with Gasteiger partial charge in [-0.25, -0.2) is 4.79 Å². The molecule has 1 unspecified atom stereocenters. The number of carbonyl (C=O) groups is 1. The molecule has 0 aliphatic carbocycles. The summed E-state index contributed by atoms with van der Waals surface area (Å²) in [4.78, 5) is 14.0. The molecule has 2 bridgehead atoms. The van der Waals surface area contributed by atoms with E-state index >= 15 is 0 Å². The minimum atomic E-state index is -0.920. The van der Waals surface area contributed by atoms with Gasteiger partial charge in [0.2, 0.25) is 0 Å². The second-order valence-electron chi connectivity index (χ2n) is 6.03. The van der Waals surface area contributed by atoms with E-state index in [1.54, 1.807) is 25.1 Å². The van der Waals surface area contributed by atoms with Gasteiger partial charge in [-0.1, -0.05) is 17.9 Å². The summed E-state index contributed by atoms with van der Waals surface area (Å²) in [5.74, 6) is 6.02. The van der Waals surface area contributed by atoms with Crippen molar-refractivity contribution in [1.82, 2.24) is 4.90 Å². The summed E-state index contributed by atoms with van der Waals surface area (Å²) in [7, 11) is 0. The Balaban J connectivity index is 1.79. The van der Waals surface area contributed by atoms with Crippen molar-refractivity contribution in [3.05, 3.63) is 35.4 Å². The molecule has 3 heterocycles. The molecule has 1 aromatic carbocycles. The van der Waals surface area contributed by atoms with Gasteiger partial charge >= 0.3 is 5.97 Å². The van der Waals surface area contributed by atoms with Crippen LogP contribution in [0.15, 0.2) is 24.3 Å². The van der Waals surface area contributed by atoms with E-state index in [1.807, 2.05) is 6.07 Å². The lowest BCUT2D eigenvalue weighted by Crippen LogP contribution is -2.58. The van der Waals surface area contributed by atoms with Crippen LogP contribution in [0.3, 0.4) is 0 Å². The van der Waals surface area contributed by atoms with Crippen LogP contribution in [-0.2, 0) is 4.74 Å². The first-order valence-corrected chi connectivity index (χ1v) is 7.86. The van der Waals surface area contributed by atoms with Gasteiger partial charge in [-0.15, -0.1) is 0 Å². The molecule has 3 fully saturated rings. The Morgan fingerprint density at radius 1 is 1.45 bits per heavy atom. The number of carbonyl (C=O) groups excluding carboxylic acids is 1. The van der Waals surface area contributed by atoms with E-state index in [2.05, 4.69) is 16.7 Å². The zero-order chi connectivity index (χ0) is 15.6. The number of nitrogens with zero attached hydrogens (tertiary/aromatic N) is 1. The molecule has 4 rings (SSSR count). The molecule has 0 saturated carbocycles. The van der Waals surface area contributed by atoms with Crippen molar-refractivity contribution in [2.24, 2.45) is 5.92 Å². The molecular weight excluding hydrogens is 278 g/mol. The lowest BCUT2D eigenvalue weighted by atomic mass is 9.76. The molecule has 1 atom stereocenters. The molecule has 0 spiro atoms. The van der Waals surface area contributed by atoms with Gasteiger partial charge in [0.25, 0.3) is 0 Å². The summed E-state index contributed by atoms with van der Waals surface area (Å²) in [6.07, 6.45) is 2.02. The monoisotopic (exact) mass is 299 g/mol. The van der Waals surface area contributed by atoms with Crippen molar-refractivity contribution >= 4 is 5.97 Å². The summed E-state index contributed by atoms with van der Waals surface area (Å²) in [5.41, 5.74) is 0.307. The number of hydrogen-bond acceptors (Lipinski definition) is 4. The van der Waals surface area contributed by atoms with E-state index in [0.29, 0.717) is 18.7 Å². The Hall–Kier alpha value is -1.83. The highest BCUT2D eigenvalue weighted by Gasteiger charge is 2.44. The normalized spacial score (nSPS) is 29.5. The van der Waals surface area contributed by atoms with Crippen LogP contribution in [0.1, 0.15) is 35.7 Å². The average molecular weight is 299 g/mol. The molecule has 0 aromatic heterocycles. The summed E-state index contributed by atoms with van der Waals surface area (Å²) < 4.78 is 4.99. The first-order valence-electron chi connectivity index (χ1n) is 7.86.